The summed E-state index contributed by atoms with van der Waals surface area (Å²) in [7, 11) is 1.34. The molecular weight excluding hydrogens is 364 g/mol. The molecule has 1 aromatic carbocycles. The second-order valence-corrected chi connectivity index (χ2v) is 7.47. The fourth-order valence-corrected chi connectivity index (χ4v) is 3.98. The van der Waals surface area contributed by atoms with E-state index in [-0.39, 0.29) is 23.4 Å². The van der Waals surface area contributed by atoms with Gasteiger partial charge in [-0.15, -0.1) is 5.10 Å². The fraction of sp³-hybridized carbons (Fsp3) is 0.316. The molecule has 0 fully saturated rings. The Kier molecular flexibility index (Phi) is 4.65. The number of esters is 1. The Hall–Kier alpha value is -2.74. The molecule has 27 heavy (non-hydrogen) atoms. The minimum atomic E-state index is -0.344. The van der Waals surface area contributed by atoms with Gasteiger partial charge in [0.2, 0.25) is 5.16 Å². The Morgan fingerprint density at radius 3 is 3.00 bits per heavy atom. The lowest BCUT2D eigenvalue weighted by Crippen LogP contribution is -2.22. The topological polar surface area (TPSA) is 86.4 Å². The number of hydrogen-bond acceptors (Lipinski definition) is 7. The van der Waals surface area contributed by atoms with Gasteiger partial charge < -0.3 is 4.74 Å². The highest BCUT2D eigenvalue weighted by molar-refractivity contribution is 7.99. The van der Waals surface area contributed by atoms with Crippen molar-refractivity contribution in [3.8, 4) is 0 Å². The third-order valence-corrected chi connectivity index (χ3v) is 5.49. The zero-order valence-corrected chi connectivity index (χ0v) is 15.8. The fourth-order valence-electron chi connectivity index (χ4n) is 3.33. The van der Waals surface area contributed by atoms with Crippen molar-refractivity contribution in [3.05, 3.63) is 52.8 Å². The van der Waals surface area contributed by atoms with Crippen LogP contribution in [-0.2, 0) is 16.0 Å². The number of Topliss-reactive ketones (excluding diaryl/α,β-unsaturated/α-hetero) is 1. The molecule has 1 aliphatic rings. The van der Waals surface area contributed by atoms with E-state index in [0.717, 1.165) is 11.3 Å². The summed E-state index contributed by atoms with van der Waals surface area (Å²) in [5.74, 6) is 0.380. The first-order chi connectivity index (χ1) is 13.0. The highest BCUT2D eigenvalue weighted by Crippen LogP contribution is 2.33. The molecule has 1 unspecified atom stereocenters. The van der Waals surface area contributed by atoms with Gasteiger partial charge in [-0.25, -0.2) is 4.98 Å². The van der Waals surface area contributed by atoms with Gasteiger partial charge in [0.1, 0.15) is 0 Å². The third-order valence-electron chi connectivity index (χ3n) is 4.68. The van der Waals surface area contributed by atoms with Gasteiger partial charge in [-0.1, -0.05) is 41.6 Å². The Bertz CT molecular complexity index is 1050. The Morgan fingerprint density at radius 1 is 1.37 bits per heavy atom. The molecule has 0 aliphatic heterocycles. The lowest BCUT2D eigenvalue weighted by molar-refractivity contribution is -0.137. The number of nitrogens with zero attached hydrogens (tertiary/aromatic N) is 4. The van der Waals surface area contributed by atoms with Crippen LogP contribution < -0.4 is 0 Å². The van der Waals surface area contributed by atoms with Gasteiger partial charge in [-0.3, -0.25) is 9.59 Å². The highest BCUT2D eigenvalue weighted by Gasteiger charge is 2.29. The van der Waals surface area contributed by atoms with E-state index in [9.17, 15) is 9.59 Å². The predicted octanol–water partition coefficient (Wildman–Crippen LogP) is 2.61. The first-order valence-electron chi connectivity index (χ1n) is 8.59. The van der Waals surface area contributed by atoms with Crippen LogP contribution in [0.25, 0.3) is 5.78 Å². The van der Waals surface area contributed by atoms with Crippen LogP contribution >= 0.6 is 11.8 Å². The smallest absolute Gasteiger partial charge is 0.316 e. The van der Waals surface area contributed by atoms with Crippen molar-refractivity contribution >= 4 is 29.3 Å². The summed E-state index contributed by atoms with van der Waals surface area (Å²) in [6.07, 6.45) is 2.74. The van der Waals surface area contributed by atoms with Crippen LogP contribution in [0.3, 0.4) is 0 Å². The average molecular weight is 382 g/mol. The first-order valence-corrected chi connectivity index (χ1v) is 9.57. The van der Waals surface area contributed by atoms with E-state index in [2.05, 4.69) is 31.9 Å². The van der Waals surface area contributed by atoms with Crippen LogP contribution in [0.1, 0.15) is 39.5 Å². The number of thioether (sulfide) groups is 1. The molecule has 0 amide bonds. The van der Waals surface area contributed by atoms with E-state index < -0.39 is 0 Å². The highest BCUT2D eigenvalue weighted by atomic mass is 32.2. The molecule has 0 radical (unpaired) electrons. The van der Waals surface area contributed by atoms with Crippen molar-refractivity contribution in [3.63, 3.8) is 0 Å². The van der Waals surface area contributed by atoms with Gasteiger partial charge in [-0.2, -0.15) is 9.50 Å². The number of carbonyl (C=O) groups excluding carboxylic acids is 2. The van der Waals surface area contributed by atoms with Crippen molar-refractivity contribution in [2.75, 3.05) is 12.9 Å². The number of benzene rings is 1. The predicted molar refractivity (Wildman–Crippen MR) is 100 cm³/mol. The lowest BCUT2D eigenvalue weighted by Gasteiger charge is -2.24. The Balaban J connectivity index is 1.69. The summed E-state index contributed by atoms with van der Waals surface area (Å²) < 4.78 is 6.27. The monoisotopic (exact) mass is 382 g/mol. The molecule has 0 N–H and O–H groups in total. The second kappa shape index (κ2) is 7.11. The number of fused-ring (bicyclic) bond motifs is 3. The van der Waals surface area contributed by atoms with E-state index in [1.54, 1.807) is 10.7 Å². The zero-order chi connectivity index (χ0) is 19.0. The SMILES string of the molecule is COC(=O)CSc1nc2ncc3c(n2n1)CC(c1cccc(C)c1)CC3=O. The van der Waals surface area contributed by atoms with Crippen LogP contribution in [0.15, 0.2) is 35.6 Å². The van der Waals surface area contributed by atoms with Gasteiger partial charge in [-0.05, 0) is 24.8 Å². The Labute approximate surface area is 160 Å². The molecule has 0 bridgehead atoms. The van der Waals surface area contributed by atoms with Crippen LogP contribution in [0, 0.1) is 6.92 Å². The van der Waals surface area contributed by atoms with E-state index in [4.69, 9.17) is 0 Å². The van der Waals surface area contributed by atoms with Crippen LogP contribution in [-0.4, -0.2) is 44.2 Å². The zero-order valence-electron chi connectivity index (χ0n) is 15.0. The van der Waals surface area contributed by atoms with Gasteiger partial charge in [0.15, 0.2) is 5.78 Å². The molecule has 4 rings (SSSR count). The maximum atomic E-state index is 12.7. The number of ketones is 1. The standard InChI is InChI=1S/C19H18N4O3S/c1-11-4-3-5-12(6-11)13-7-15-14(16(24)8-13)9-20-18-21-19(22-23(15)18)27-10-17(25)26-2/h3-6,9,13H,7-8,10H2,1-2H3. The first kappa shape index (κ1) is 17.7. The van der Waals surface area contributed by atoms with Crippen molar-refractivity contribution in [1.29, 1.82) is 0 Å². The molecule has 138 valence electrons. The third kappa shape index (κ3) is 3.44. The summed E-state index contributed by atoms with van der Waals surface area (Å²) in [6, 6.07) is 8.25. The molecule has 2 aromatic heterocycles. The molecule has 0 saturated carbocycles. The summed E-state index contributed by atoms with van der Waals surface area (Å²) in [4.78, 5) is 32.6. The van der Waals surface area contributed by atoms with Crippen molar-refractivity contribution in [2.24, 2.45) is 0 Å². The number of carbonyl (C=O) groups is 2. The summed E-state index contributed by atoms with van der Waals surface area (Å²) in [5.41, 5.74) is 3.74. The van der Waals surface area contributed by atoms with Crippen LogP contribution in [0.4, 0.5) is 0 Å². The molecule has 0 spiro atoms. The summed E-state index contributed by atoms with van der Waals surface area (Å²) in [5, 5.41) is 4.89. The number of methoxy groups -OCH3 is 1. The van der Waals surface area contributed by atoms with Crippen LogP contribution in [0.2, 0.25) is 0 Å². The normalized spacial score (nSPS) is 16.4. The number of aryl methyl sites for hydroxylation is 1. The van der Waals surface area contributed by atoms with E-state index in [1.807, 2.05) is 19.1 Å². The molecular formula is C19H18N4O3S. The lowest BCUT2D eigenvalue weighted by atomic mass is 9.82. The Morgan fingerprint density at radius 2 is 2.22 bits per heavy atom. The van der Waals surface area contributed by atoms with Gasteiger partial charge in [0.25, 0.3) is 5.78 Å². The minimum Gasteiger partial charge on any atom is -0.468 e. The van der Waals surface area contributed by atoms with Gasteiger partial charge in [0, 0.05) is 12.6 Å². The maximum Gasteiger partial charge on any atom is 0.316 e. The molecule has 0 saturated heterocycles. The van der Waals surface area contributed by atoms with Crippen molar-refractivity contribution < 1.29 is 14.3 Å². The van der Waals surface area contributed by atoms with Crippen LogP contribution in [0.5, 0.6) is 0 Å². The summed E-state index contributed by atoms with van der Waals surface area (Å²) >= 11 is 1.19. The van der Waals surface area contributed by atoms with Crippen molar-refractivity contribution in [1.82, 2.24) is 19.6 Å². The second-order valence-electron chi connectivity index (χ2n) is 6.53. The van der Waals surface area contributed by atoms with Crippen molar-refractivity contribution in [2.45, 2.75) is 30.8 Å². The maximum absolute atomic E-state index is 12.7. The number of rotatable bonds is 4. The number of hydrogen-bond donors (Lipinski definition) is 0. The van der Waals surface area contributed by atoms with E-state index >= 15 is 0 Å². The van der Waals surface area contributed by atoms with E-state index in [0.29, 0.717) is 29.3 Å². The molecule has 2 heterocycles. The summed E-state index contributed by atoms with van der Waals surface area (Å²) in [6.45, 7) is 2.05. The molecule has 3 aromatic rings. The average Bonchev–Trinajstić information content (AvgIpc) is 3.09. The molecule has 1 atom stereocenters. The minimum absolute atomic E-state index is 0.0661. The largest absolute Gasteiger partial charge is 0.468 e. The van der Waals surface area contributed by atoms with E-state index in [1.165, 1.54) is 24.4 Å². The van der Waals surface area contributed by atoms with Gasteiger partial charge in [0.05, 0.1) is 24.1 Å². The quantitative estimate of drug-likeness (QED) is 0.506. The number of ether oxygens (including phenoxy) is 1. The van der Waals surface area contributed by atoms with Gasteiger partial charge >= 0.3 is 5.97 Å². The molecule has 7 nitrogen and oxygen atoms in total. The molecule has 1 aliphatic carbocycles. The molecule has 8 heteroatoms. The number of aromatic nitrogens is 4.